The molecule has 3 amide bonds. The van der Waals surface area contributed by atoms with Crippen molar-refractivity contribution < 1.29 is 34.5 Å². The van der Waals surface area contributed by atoms with Crippen molar-refractivity contribution >= 4 is 29.7 Å². The van der Waals surface area contributed by atoms with Crippen LogP contribution in [0.2, 0.25) is 0 Å². The van der Waals surface area contributed by atoms with Crippen molar-refractivity contribution in [3.8, 4) is 0 Å². The van der Waals surface area contributed by atoms with E-state index in [1.807, 2.05) is 13.8 Å². The van der Waals surface area contributed by atoms with Crippen LogP contribution in [0.15, 0.2) is 4.99 Å². The summed E-state index contributed by atoms with van der Waals surface area (Å²) in [6, 6.07) is -5.17. The maximum Gasteiger partial charge on any atom is 0.328 e. The molecule has 0 rings (SSSR count). The van der Waals surface area contributed by atoms with Crippen LogP contribution in [0.3, 0.4) is 0 Å². The normalized spacial score (nSPS) is 15.5. The Bertz CT molecular complexity index is 696. The Labute approximate surface area is 192 Å². The molecule has 14 nitrogen and oxygen atoms in total. The fourth-order valence-corrected chi connectivity index (χ4v) is 2.77. The van der Waals surface area contributed by atoms with Crippen molar-refractivity contribution in [1.29, 1.82) is 0 Å². The van der Waals surface area contributed by atoms with Gasteiger partial charge in [-0.3, -0.25) is 19.4 Å². The summed E-state index contributed by atoms with van der Waals surface area (Å²) in [5.41, 5.74) is 16.3. The Morgan fingerprint density at radius 1 is 0.939 bits per heavy atom. The molecule has 33 heavy (non-hydrogen) atoms. The molecule has 12 N–H and O–H groups in total. The lowest BCUT2D eigenvalue weighted by Gasteiger charge is -2.26. The van der Waals surface area contributed by atoms with Crippen LogP contribution in [0.25, 0.3) is 0 Å². The average Bonchev–Trinajstić information content (AvgIpc) is 2.70. The SMILES string of the molecule is CC(C)CC(N)C(=O)NC(C(=O)NC(CCCN=C(N)N)C(=O)NC(CO)C(=O)O)C(C)O. The van der Waals surface area contributed by atoms with Gasteiger partial charge in [0.25, 0.3) is 0 Å². The van der Waals surface area contributed by atoms with Crippen molar-refractivity contribution in [3.63, 3.8) is 0 Å². The fraction of sp³-hybridized carbons (Fsp3) is 0.737. The molecular weight excluding hydrogens is 438 g/mol. The number of aliphatic hydroxyl groups excluding tert-OH is 2. The molecule has 14 heteroatoms. The molecule has 5 atom stereocenters. The summed E-state index contributed by atoms with van der Waals surface area (Å²) in [4.78, 5) is 52.5. The van der Waals surface area contributed by atoms with Gasteiger partial charge in [-0.15, -0.1) is 0 Å². The number of carbonyl (C=O) groups is 4. The van der Waals surface area contributed by atoms with E-state index in [1.165, 1.54) is 6.92 Å². The number of amides is 3. The predicted octanol–water partition coefficient (Wildman–Crippen LogP) is -3.67. The Kier molecular flexibility index (Phi) is 13.6. The second-order valence-corrected chi connectivity index (χ2v) is 8.05. The number of carboxylic acid groups (broad SMARTS) is 1. The van der Waals surface area contributed by atoms with Crippen LogP contribution in [0.5, 0.6) is 0 Å². The van der Waals surface area contributed by atoms with E-state index in [1.54, 1.807) is 0 Å². The van der Waals surface area contributed by atoms with Crippen LogP contribution in [0.4, 0.5) is 0 Å². The summed E-state index contributed by atoms with van der Waals surface area (Å²) in [5.74, 6) is -3.93. The Morgan fingerprint density at radius 3 is 1.97 bits per heavy atom. The molecule has 190 valence electrons. The van der Waals surface area contributed by atoms with Crippen molar-refractivity contribution in [3.05, 3.63) is 0 Å². The number of aliphatic imine (C=N–C) groups is 1. The number of guanidine groups is 1. The first-order valence-electron chi connectivity index (χ1n) is 10.5. The topological polar surface area (TPSA) is 255 Å². The fourth-order valence-electron chi connectivity index (χ4n) is 2.77. The minimum atomic E-state index is -1.59. The minimum absolute atomic E-state index is 0.000536. The van der Waals surface area contributed by atoms with E-state index in [4.69, 9.17) is 27.4 Å². The zero-order valence-electron chi connectivity index (χ0n) is 19.2. The summed E-state index contributed by atoms with van der Waals surface area (Å²) in [6.07, 6.45) is -0.736. The molecule has 5 unspecified atom stereocenters. The molecule has 0 saturated carbocycles. The zero-order chi connectivity index (χ0) is 25.7. The first-order chi connectivity index (χ1) is 15.3. The number of carboxylic acids is 1. The molecule has 0 aliphatic heterocycles. The van der Waals surface area contributed by atoms with Gasteiger partial charge in [-0.2, -0.15) is 0 Å². The molecule has 0 bridgehead atoms. The zero-order valence-corrected chi connectivity index (χ0v) is 19.2. The Hall–Kier alpha value is -2.97. The minimum Gasteiger partial charge on any atom is -0.480 e. The highest BCUT2D eigenvalue weighted by Crippen LogP contribution is 2.05. The number of hydrogen-bond acceptors (Lipinski definition) is 8. The highest BCUT2D eigenvalue weighted by molar-refractivity contribution is 5.94. The number of rotatable bonds is 15. The highest BCUT2D eigenvalue weighted by atomic mass is 16.4. The van der Waals surface area contributed by atoms with E-state index >= 15 is 0 Å². The lowest BCUT2D eigenvalue weighted by Crippen LogP contribution is -2.60. The number of nitrogens with zero attached hydrogens (tertiary/aromatic N) is 1. The molecule has 0 aliphatic carbocycles. The molecule has 0 saturated heterocycles. The van der Waals surface area contributed by atoms with Crippen LogP contribution >= 0.6 is 0 Å². The van der Waals surface area contributed by atoms with Crippen molar-refractivity contribution in [2.45, 2.75) is 70.3 Å². The van der Waals surface area contributed by atoms with Crippen LogP contribution in [-0.2, 0) is 19.2 Å². The van der Waals surface area contributed by atoms with Gasteiger partial charge in [0.15, 0.2) is 5.96 Å². The third-order valence-corrected chi connectivity index (χ3v) is 4.50. The molecule has 0 fully saturated rings. The quantitative estimate of drug-likeness (QED) is 0.0636. The van der Waals surface area contributed by atoms with E-state index in [0.717, 1.165) is 0 Å². The average molecular weight is 476 g/mol. The second-order valence-electron chi connectivity index (χ2n) is 8.05. The monoisotopic (exact) mass is 475 g/mol. The van der Waals surface area contributed by atoms with Gasteiger partial charge in [-0.05, 0) is 32.1 Å². The van der Waals surface area contributed by atoms with Crippen molar-refractivity contribution in [2.75, 3.05) is 13.2 Å². The number of nitrogens with two attached hydrogens (primary N) is 3. The molecule has 0 aromatic heterocycles. The third kappa shape index (κ3) is 12.0. The first-order valence-corrected chi connectivity index (χ1v) is 10.5. The molecule has 0 radical (unpaired) electrons. The lowest BCUT2D eigenvalue weighted by molar-refractivity contribution is -0.143. The van der Waals surface area contributed by atoms with Crippen molar-refractivity contribution in [1.82, 2.24) is 16.0 Å². The lowest BCUT2D eigenvalue weighted by atomic mass is 10.0. The van der Waals surface area contributed by atoms with Gasteiger partial charge in [-0.25, -0.2) is 4.79 Å². The standard InChI is InChI=1S/C19H37N7O7/c1-9(2)7-11(20)15(29)26-14(10(3)28)17(31)24-12(5-4-6-23-19(21)22)16(30)25-13(8-27)18(32)33/h9-14,27-28H,4-8,20H2,1-3H3,(H,24,31)(H,25,30)(H,26,29)(H,32,33)(H4,21,22,23). The van der Waals surface area contributed by atoms with Gasteiger partial charge in [0.1, 0.15) is 18.1 Å². The van der Waals surface area contributed by atoms with Gasteiger partial charge < -0.3 is 48.5 Å². The van der Waals surface area contributed by atoms with Gasteiger partial charge in [0.05, 0.1) is 18.8 Å². The van der Waals surface area contributed by atoms with Crippen LogP contribution in [-0.4, -0.2) is 88.4 Å². The smallest absolute Gasteiger partial charge is 0.328 e. The van der Waals surface area contributed by atoms with E-state index in [9.17, 15) is 24.3 Å². The van der Waals surface area contributed by atoms with Gasteiger partial charge in [0, 0.05) is 6.54 Å². The molecule has 0 heterocycles. The van der Waals surface area contributed by atoms with E-state index < -0.39 is 60.6 Å². The van der Waals surface area contributed by atoms with Crippen molar-refractivity contribution in [2.24, 2.45) is 28.1 Å². The summed E-state index contributed by atoms with van der Waals surface area (Å²) in [5, 5.41) is 35.0. The van der Waals surface area contributed by atoms with Crippen LogP contribution < -0.4 is 33.2 Å². The Morgan fingerprint density at radius 2 is 1.52 bits per heavy atom. The van der Waals surface area contributed by atoms with E-state index in [0.29, 0.717) is 6.42 Å². The predicted molar refractivity (Wildman–Crippen MR) is 120 cm³/mol. The molecule has 0 aromatic carbocycles. The largest absolute Gasteiger partial charge is 0.480 e. The number of aliphatic hydroxyl groups is 2. The third-order valence-electron chi connectivity index (χ3n) is 4.50. The summed E-state index contributed by atoms with van der Waals surface area (Å²) < 4.78 is 0. The second kappa shape index (κ2) is 15.0. The summed E-state index contributed by atoms with van der Waals surface area (Å²) >= 11 is 0. The Balaban J connectivity index is 5.44. The molecule has 0 spiro atoms. The van der Waals surface area contributed by atoms with E-state index in [2.05, 4.69) is 20.9 Å². The first kappa shape index (κ1) is 30.0. The maximum atomic E-state index is 12.8. The molecular formula is C19H37N7O7. The maximum absolute atomic E-state index is 12.8. The number of hydrogen-bond donors (Lipinski definition) is 9. The van der Waals surface area contributed by atoms with Gasteiger partial charge in [-0.1, -0.05) is 13.8 Å². The highest BCUT2D eigenvalue weighted by Gasteiger charge is 2.32. The van der Waals surface area contributed by atoms with E-state index in [-0.39, 0.29) is 31.3 Å². The summed E-state index contributed by atoms with van der Waals surface area (Å²) in [6.45, 7) is 4.28. The number of nitrogens with one attached hydrogen (secondary N) is 3. The van der Waals surface area contributed by atoms with Crippen LogP contribution in [0.1, 0.15) is 40.0 Å². The van der Waals surface area contributed by atoms with Gasteiger partial charge >= 0.3 is 5.97 Å². The van der Waals surface area contributed by atoms with Crippen LogP contribution in [0, 0.1) is 5.92 Å². The number of aliphatic carboxylic acids is 1. The summed E-state index contributed by atoms with van der Waals surface area (Å²) in [7, 11) is 0. The van der Waals surface area contributed by atoms with Gasteiger partial charge in [0.2, 0.25) is 17.7 Å². The number of carbonyl (C=O) groups excluding carboxylic acids is 3. The molecule has 0 aliphatic rings. The molecule has 0 aromatic rings.